The minimum absolute atomic E-state index is 0. The molecule has 2 rings (SSSR count). The van der Waals surface area contributed by atoms with Gasteiger partial charge in [-0.2, -0.15) is 0 Å². The number of hydrogen-bond acceptors (Lipinski definition) is 4. The number of benzene rings is 2. The molecule has 0 heterocycles. The second-order valence-electron chi connectivity index (χ2n) is 4.64. The van der Waals surface area contributed by atoms with E-state index in [4.69, 9.17) is 19.8 Å². The van der Waals surface area contributed by atoms with Gasteiger partial charge in [0, 0.05) is 54.9 Å². The van der Waals surface area contributed by atoms with Gasteiger partial charge in [0.2, 0.25) is 0 Å². The fourth-order valence-electron chi connectivity index (χ4n) is 1.44. The van der Waals surface area contributed by atoms with Crippen molar-refractivity contribution in [2.24, 2.45) is 0 Å². The fourth-order valence-corrected chi connectivity index (χ4v) is 3.70. The van der Waals surface area contributed by atoms with Crippen LogP contribution in [0, 0.1) is 5.75 Å². The first-order chi connectivity index (χ1) is 12.2. The molecule has 0 aliphatic carbocycles. The van der Waals surface area contributed by atoms with Gasteiger partial charge in [-0.1, -0.05) is 42.2 Å². The SMILES string of the molecule is CC(=O)O.CC(=O)O.O=S([CH-]CS(=O)c1ccccc1)c1ccccc1.[Pd]. The summed E-state index contributed by atoms with van der Waals surface area (Å²) in [5.41, 5.74) is 0. The van der Waals surface area contributed by atoms with E-state index >= 15 is 0 Å². The van der Waals surface area contributed by atoms with E-state index in [0.29, 0.717) is 5.75 Å². The number of carboxylic acid groups (broad SMARTS) is 2. The zero-order valence-electron chi connectivity index (χ0n) is 14.7. The first-order valence-electron chi connectivity index (χ1n) is 7.35. The second kappa shape index (κ2) is 16.5. The molecule has 2 unspecified atom stereocenters. The molecule has 0 amide bonds. The number of rotatable bonds is 5. The van der Waals surface area contributed by atoms with Gasteiger partial charge < -0.3 is 10.2 Å². The van der Waals surface area contributed by atoms with Crippen LogP contribution in [0.3, 0.4) is 0 Å². The topological polar surface area (TPSA) is 109 Å². The van der Waals surface area contributed by atoms with Crippen molar-refractivity contribution in [1.82, 2.24) is 0 Å². The van der Waals surface area contributed by atoms with Crippen LogP contribution >= 0.6 is 0 Å². The van der Waals surface area contributed by atoms with Gasteiger partial charge in [-0.05, 0) is 24.3 Å². The van der Waals surface area contributed by atoms with Crippen LogP contribution in [0.25, 0.3) is 0 Å². The summed E-state index contributed by atoms with van der Waals surface area (Å²) in [6, 6.07) is 18.4. The fraction of sp³-hybridized carbons (Fsp3) is 0.167. The average Bonchev–Trinajstić information content (AvgIpc) is 2.60. The van der Waals surface area contributed by atoms with Crippen molar-refractivity contribution in [3.63, 3.8) is 0 Å². The van der Waals surface area contributed by atoms with Gasteiger partial charge in [0.05, 0.1) is 0 Å². The Morgan fingerprint density at radius 2 is 1.15 bits per heavy atom. The number of carboxylic acids is 2. The van der Waals surface area contributed by atoms with Crippen LogP contribution in [-0.2, 0) is 51.6 Å². The van der Waals surface area contributed by atoms with Crippen molar-refractivity contribution < 1.29 is 48.6 Å². The molecule has 0 aliphatic rings. The standard InChI is InChI=1S/C14H13O2S2.2C2H4O2.Pd/c15-17(13-7-3-1-4-8-13)11-12-18(16)14-9-5-2-6-10-14;2*1-2(3)4;/h1-11H,12H2;2*1H3,(H,3,4);/q-1;;;. The molecule has 152 valence electrons. The molecule has 27 heavy (non-hydrogen) atoms. The van der Waals surface area contributed by atoms with Crippen molar-refractivity contribution >= 4 is 33.5 Å². The maximum absolute atomic E-state index is 11.9. The smallest absolute Gasteiger partial charge is 0.300 e. The van der Waals surface area contributed by atoms with Gasteiger partial charge in [0.25, 0.3) is 11.9 Å². The van der Waals surface area contributed by atoms with E-state index in [2.05, 4.69) is 0 Å². The third-order valence-corrected chi connectivity index (χ3v) is 5.04. The Morgan fingerprint density at radius 3 is 1.52 bits per heavy atom. The van der Waals surface area contributed by atoms with E-state index in [0.717, 1.165) is 23.6 Å². The van der Waals surface area contributed by atoms with Crippen LogP contribution in [0.1, 0.15) is 13.8 Å². The van der Waals surface area contributed by atoms with Gasteiger partial charge in [-0.3, -0.25) is 18.0 Å². The molecule has 0 aliphatic heterocycles. The third kappa shape index (κ3) is 16.3. The maximum atomic E-state index is 11.9. The van der Waals surface area contributed by atoms with E-state index in [1.54, 1.807) is 17.9 Å². The summed E-state index contributed by atoms with van der Waals surface area (Å²) in [5.74, 6) is 0.226. The van der Waals surface area contributed by atoms with Crippen LogP contribution in [0.15, 0.2) is 70.5 Å². The molecular formula is C18H21O6PdS2-. The van der Waals surface area contributed by atoms with Crippen molar-refractivity contribution in [2.45, 2.75) is 23.6 Å². The molecule has 0 spiro atoms. The summed E-state index contributed by atoms with van der Waals surface area (Å²) < 4.78 is 23.8. The minimum Gasteiger partial charge on any atom is -0.481 e. The molecule has 9 heteroatoms. The maximum Gasteiger partial charge on any atom is 0.300 e. The van der Waals surface area contributed by atoms with Gasteiger partial charge in [-0.25, -0.2) is 5.75 Å². The zero-order valence-corrected chi connectivity index (χ0v) is 17.9. The Bertz CT molecular complexity index is 652. The molecular weight excluding hydrogens is 483 g/mol. The van der Waals surface area contributed by atoms with Crippen molar-refractivity contribution in [3.05, 3.63) is 66.4 Å². The number of hydrogen-bond donors (Lipinski definition) is 2. The molecule has 2 aromatic carbocycles. The van der Waals surface area contributed by atoms with E-state index in [1.165, 1.54) is 0 Å². The van der Waals surface area contributed by atoms with Crippen LogP contribution in [0.5, 0.6) is 0 Å². The van der Waals surface area contributed by atoms with E-state index in [-0.39, 0.29) is 20.4 Å². The summed E-state index contributed by atoms with van der Waals surface area (Å²) in [6.07, 6.45) is 0. The average molecular weight is 504 g/mol. The predicted octanol–water partition coefficient (Wildman–Crippen LogP) is 2.94. The van der Waals surface area contributed by atoms with E-state index in [9.17, 15) is 8.42 Å². The van der Waals surface area contributed by atoms with Gasteiger partial charge in [0.15, 0.2) is 0 Å². The molecule has 2 N–H and O–H groups in total. The Kier molecular flexibility index (Phi) is 16.9. The summed E-state index contributed by atoms with van der Waals surface area (Å²) in [5, 5.41) is 14.8. The molecule has 0 bridgehead atoms. The predicted molar refractivity (Wildman–Crippen MR) is 101 cm³/mol. The van der Waals surface area contributed by atoms with Crippen molar-refractivity contribution in [2.75, 3.05) is 5.75 Å². The Hall–Kier alpha value is -1.66. The van der Waals surface area contributed by atoms with Crippen LogP contribution < -0.4 is 0 Å². The largest absolute Gasteiger partial charge is 0.481 e. The minimum atomic E-state index is -1.20. The molecule has 0 radical (unpaired) electrons. The zero-order chi connectivity index (χ0) is 19.9. The number of carbonyl (C=O) groups is 2. The Morgan fingerprint density at radius 1 is 0.815 bits per heavy atom. The monoisotopic (exact) mass is 503 g/mol. The Balaban J connectivity index is 0. The van der Waals surface area contributed by atoms with Crippen molar-refractivity contribution in [3.8, 4) is 0 Å². The first kappa shape index (κ1) is 27.6. The summed E-state index contributed by atoms with van der Waals surface area (Å²) in [7, 11) is -2.32. The van der Waals surface area contributed by atoms with Gasteiger partial charge >= 0.3 is 0 Å². The van der Waals surface area contributed by atoms with Crippen molar-refractivity contribution in [1.29, 1.82) is 0 Å². The molecule has 0 saturated heterocycles. The Labute approximate surface area is 177 Å². The van der Waals surface area contributed by atoms with E-state index < -0.39 is 33.5 Å². The van der Waals surface area contributed by atoms with Gasteiger partial charge in [-0.15, -0.1) is 10.8 Å². The van der Waals surface area contributed by atoms with Gasteiger partial charge in [0.1, 0.15) is 0 Å². The molecule has 0 fully saturated rings. The molecule has 0 saturated carbocycles. The normalized spacial score (nSPS) is 11.2. The first-order valence-corrected chi connectivity index (χ1v) is 9.88. The molecule has 2 aromatic rings. The third-order valence-electron chi connectivity index (χ3n) is 2.35. The number of aliphatic carboxylic acids is 2. The molecule has 2 atom stereocenters. The van der Waals surface area contributed by atoms with Crippen LogP contribution in [0.4, 0.5) is 0 Å². The molecule has 0 aromatic heterocycles. The summed E-state index contributed by atoms with van der Waals surface area (Å²) in [4.78, 5) is 19.5. The van der Waals surface area contributed by atoms with E-state index in [1.807, 2.05) is 48.5 Å². The summed E-state index contributed by atoms with van der Waals surface area (Å²) in [6.45, 7) is 2.17. The van der Waals surface area contributed by atoms with Crippen LogP contribution in [0.2, 0.25) is 0 Å². The van der Waals surface area contributed by atoms with Crippen LogP contribution in [-0.4, -0.2) is 36.3 Å². The quantitative estimate of drug-likeness (QED) is 0.480. The summed E-state index contributed by atoms with van der Waals surface area (Å²) >= 11 is 0. The molecule has 6 nitrogen and oxygen atoms in total. The second-order valence-corrected chi connectivity index (χ2v) is 7.54.